The summed E-state index contributed by atoms with van der Waals surface area (Å²) in [6.07, 6.45) is 4.80. The zero-order valence-corrected chi connectivity index (χ0v) is 19.4. The van der Waals surface area contributed by atoms with E-state index in [1.165, 1.54) is 38.2 Å². The predicted molar refractivity (Wildman–Crippen MR) is 118 cm³/mol. The minimum Gasteiger partial charge on any atom is -0.494 e. The van der Waals surface area contributed by atoms with Crippen molar-refractivity contribution in [1.29, 1.82) is 0 Å². The summed E-state index contributed by atoms with van der Waals surface area (Å²) in [6, 6.07) is 5.13. The van der Waals surface area contributed by atoms with Crippen LogP contribution in [0.4, 0.5) is 4.39 Å². The van der Waals surface area contributed by atoms with Gasteiger partial charge in [0.2, 0.25) is 5.82 Å². The van der Waals surface area contributed by atoms with Crippen molar-refractivity contribution in [2.24, 2.45) is 0 Å². The van der Waals surface area contributed by atoms with Crippen molar-refractivity contribution in [3.8, 4) is 28.9 Å². The van der Waals surface area contributed by atoms with E-state index in [0.29, 0.717) is 17.2 Å². The molecule has 0 saturated carbocycles. The van der Waals surface area contributed by atoms with Crippen LogP contribution in [0.5, 0.6) is 11.5 Å². The zero-order valence-electron chi connectivity index (χ0n) is 18.5. The Morgan fingerprint density at radius 3 is 2.35 bits per heavy atom. The molecular weight excluding hydrogens is 467 g/mol. The number of ether oxygens (including phenoxy) is 2. The van der Waals surface area contributed by atoms with E-state index in [4.69, 9.17) is 13.9 Å². The summed E-state index contributed by atoms with van der Waals surface area (Å²) in [4.78, 5) is 11.8. The Labute approximate surface area is 194 Å². The maximum absolute atomic E-state index is 13.2. The number of hydrogen-bond acceptors (Lipinski definition) is 10. The van der Waals surface area contributed by atoms with E-state index in [2.05, 4.69) is 25.1 Å². The first-order valence-corrected chi connectivity index (χ1v) is 11.8. The van der Waals surface area contributed by atoms with E-state index in [0.717, 1.165) is 12.4 Å². The third-order valence-corrected chi connectivity index (χ3v) is 7.12. The molecule has 0 aliphatic heterocycles. The van der Waals surface area contributed by atoms with Gasteiger partial charge < -0.3 is 13.9 Å². The Hall–Kier alpha value is -3.87. The predicted octanol–water partition coefficient (Wildman–Crippen LogP) is 2.41. The topological polar surface area (TPSA) is 135 Å². The van der Waals surface area contributed by atoms with Crippen molar-refractivity contribution in [3.05, 3.63) is 60.5 Å². The molecule has 11 nitrogen and oxygen atoms in total. The van der Waals surface area contributed by atoms with Gasteiger partial charge in [-0.25, -0.2) is 27.8 Å². The van der Waals surface area contributed by atoms with Crippen molar-refractivity contribution in [1.82, 2.24) is 29.7 Å². The molecule has 34 heavy (non-hydrogen) atoms. The molecule has 1 aromatic carbocycles. The molecule has 4 rings (SSSR count). The van der Waals surface area contributed by atoms with Crippen LogP contribution in [0.1, 0.15) is 18.6 Å². The molecule has 4 aromatic rings. The maximum atomic E-state index is 13.2. The van der Waals surface area contributed by atoms with Crippen LogP contribution in [0.25, 0.3) is 17.4 Å². The highest BCUT2D eigenvalue weighted by Gasteiger charge is 2.30. The smallest absolute Gasteiger partial charge is 0.265 e. The minimum atomic E-state index is -3.78. The number of sulfone groups is 1. The van der Waals surface area contributed by atoms with Crippen molar-refractivity contribution in [2.75, 3.05) is 14.2 Å². The molecule has 178 valence electrons. The third kappa shape index (κ3) is 4.59. The number of halogens is 1. The summed E-state index contributed by atoms with van der Waals surface area (Å²) in [6.45, 7) is 1.53. The number of rotatable bonds is 9. The van der Waals surface area contributed by atoms with Gasteiger partial charge in [-0.15, -0.1) is 10.2 Å². The first kappa shape index (κ1) is 23.3. The number of benzene rings is 1. The number of methoxy groups -OCH3 is 2. The number of para-hydroxylation sites is 1. The summed E-state index contributed by atoms with van der Waals surface area (Å²) < 4.78 is 57.5. The van der Waals surface area contributed by atoms with Gasteiger partial charge in [0.05, 0.1) is 38.1 Å². The number of oxazole rings is 1. The summed E-state index contributed by atoms with van der Waals surface area (Å²) in [7, 11) is -0.815. The minimum absolute atomic E-state index is 0.00132. The van der Waals surface area contributed by atoms with Gasteiger partial charge in [0, 0.05) is 6.42 Å². The first-order chi connectivity index (χ1) is 16.3. The van der Waals surface area contributed by atoms with Crippen LogP contribution < -0.4 is 9.47 Å². The quantitative estimate of drug-likeness (QED) is 0.345. The van der Waals surface area contributed by atoms with Gasteiger partial charge >= 0.3 is 0 Å². The number of nitrogens with zero attached hydrogens (tertiary/aromatic N) is 6. The van der Waals surface area contributed by atoms with Crippen molar-refractivity contribution in [2.45, 2.75) is 24.3 Å². The molecule has 0 N–H and O–H groups in total. The van der Waals surface area contributed by atoms with E-state index in [1.54, 1.807) is 18.2 Å². The Bertz CT molecular complexity index is 1350. The molecule has 0 saturated heterocycles. The van der Waals surface area contributed by atoms with Gasteiger partial charge in [0.15, 0.2) is 21.5 Å². The number of aromatic nitrogens is 6. The average molecular weight is 489 g/mol. The van der Waals surface area contributed by atoms with Crippen LogP contribution in [0.3, 0.4) is 0 Å². The molecule has 1 atom stereocenters. The molecule has 3 aromatic heterocycles. The second kappa shape index (κ2) is 9.55. The Balaban J connectivity index is 1.77. The van der Waals surface area contributed by atoms with Crippen molar-refractivity contribution >= 4 is 9.84 Å². The lowest BCUT2D eigenvalue weighted by Crippen LogP contribution is -2.24. The average Bonchev–Trinajstić information content (AvgIpc) is 3.49. The summed E-state index contributed by atoms with van der Waals surface area (Å²) in [5, 5.41) is 7.38. The fraction of sp³-hybridized carbons (Fsp3) is 0.286. The van der Waals surface area contributed by atoms with E-state index in [-0.39, 0.29) is 29.8 Å². The lowest BCUT2D eigenvalue weighted by Gasteiger charge is -2.17. The van der Waals surface area contributed by atoms with Crippen LogP contribution in [0, 0.1) is 5.82 Å². The van der Waals surface area contributed by atoms with Gasteiger partial charge in [0.1, 0.15) is 35.0 Å². The molecule has 0 aliphatic carbocycles. The SMILES string of the molecule is COc1cccc(OC)c1-n1c(CS(=O)(=O)[C@@H](C)Cc2ncc(F)cn2)nnc1-c1ncco1. The van der Waals surface area contributed by atoms with Crippen LogP contribution >= 0.6 is 0 Å². The highest BCUT2D eigenvalue weighted by Crippen LogP contribution is 2.36. The summed E-state index contributed by atoms with van der Waals surface area (Å²) >= 11 is 0. The largest absolute Gasteiger partial charge is 0.494 e. The highest BCUT2D eigenvalue weighted by atomic mass is 32.2. The van der Waals surface area contributed by atoms with Crippen LogP contribution in [0.2, 0.25) is 0 Å². The fourth-order valence-corrected chi connectivity index (χ4v) is 4.55. The molecule has 0 aliphatic rings. The van der Waals surface area contributed by atoms with Gasteiger partial charge in [-0.1, -0.05) is 6.07 Å². The molecule has 0 amide bonds. The Morgan fingerprint density at radius 2 is 1.76 bits per heavy atom. The standard InChI is InChI=1S/C21H21FN6O5S/c1-13(9-17-24-10-14(22)11-25-17)34(29,30)12-18-26-27-20(21-23-7-8-33-21)28(18)19-15(31-2)5-4-6-16(19)32-3/h4-8,10-11,13H,9,12H2,1-3H3/t13-/m0/s1. The van der Waals surface area contributed by atoms with Crippen molar-refractivity contribution < 1.29 is 26.7 Å². The Morgan fingerprint density at radius 1 is 1.09 bits per heavy atom. The normalized spacial score (nSPS) is 12.5. The van der Waals surface area contributed by atoms with E-state index in [1.807, 2.05) is 0 Å². The molecule has 0 radical (unpaired) electrons. The van der Waals surface area contributed by atoms with Crippen LogP contribution in [-0.2, 0) is 22.0 Å². The van der Waals surface area contributed by atoms with E-state index in [9.17, 15) is 12.8 Å². The summed E-state index contributed by atoms with van der Waals surface area (Å²) in [5.74, 6) is 0.358. The molecule has 13 heteroatoms. The Kier molecular flexibility index (Phi) is 6.54. The van der Waals surface area contributed by atoms with Gasteiger partial charge in [-0.3, -0.25) is 4.57 Å². The van der Waals surface area contributed by atoms with Gasteiger partial charge in [-0.05, 0) is 19.1 Å². The molecule has 0 bridgehead atoms. The van der Waals surface area contributed by atoms with E-state index >= 15 is 0 Å². The summed E-state index contributed by atoms with van der Waals surface area (Å²) in [5.41, 5.74) is 0.394. The zero-order chi connectivity index (χ0) is 24.3. The van der Waals surface area contributed by atoms with Gasteiger partial charge in [0.25, 0.3) is 5.89 Å². The van der Waals surface area contributed by atoms with Crippen LogP contribution in [0.15, 0.2) is 47.5 Å². The third-order valence-electron chi connectivity index (χ3n) is 5.07. The van der Waals surface area contributed by atoms with Crippen LogP contribution in [-0.4, -0.2) is 57.6 Å². The number of hydrogen-bond donors (Lipinski definition) is 0. The molecule has 3 heterocycles. The van der Waals surface area contributed by atoms with Crippen molar-refractivity contribution in [3.63, 3.8) is 0 Å². The van der Waals surface area contributed by atoms with E-state index < -0.39 is 26.7 Å². The second-order valence-corrected chi connectivity index (χ2v) is 9.68. The highest BCUT2D eigenvalue weighted by molar-refractivity contribution is 7.91. The molecular formula is C21H21FN6O5S. The molecule has 0 unspecified atom stereocenters. The first-order valence-electron chi connectivity index (χ1n) is 10.1. The molecule has 0 spiro atoms. The maximum Gasteiger partial charge on any atom is 0.265 e. The lowest BCUT2D eigenvalue weighted by molar-refractivity contribution is 0.390. The lowest BCUT2D eigenvalue weighted by atomic mass is 10.2. The molecule has 0 fully saturated rings. The fourth-order valence-electron chi connectivity index (χ4n) is 3.32. The van der Waals surface area contributed by atoms with Gasteiger partial charge in [-0.2, -0.15) is 0 Å². The monoisotopic (exact) mass is 488 g/mol. The second-order valence-electron chi connectivity index (χ2n) is 7.26.